The van der Waals surface area contributed by atoms with Crippen LogP contribution in [0.25, 0.3) is 0 Å². The molecule has 4 heterocycles. The van der Waals surface area contributed by atoms with E-state index in [9.17, 15) is 44.4 Å². The number of aliphatic hydroxyl groups excluding tert-OH is 4. The van der Waals surface area contributed by atoms with Crippen LogP contribution in [0, 0.1) is 28.6 Å². The number of esters is 5. The van der Waals surface area contributed by atoms with Gasteiger partial charge in [0.05, 0.1) is 24.9 Å². The Kier molecular flexibility index (Phi) is 17.4. The quantitative estimate of drug-likeness (QED) is 0.133. The predicted molar refractivity (Wildman–Crippen MR) is 245 cm³/mol. The van der Waals surface area contributed by atoms with Crippen LogP contribution in [0.5, 0.6) is 0 Å². The lowest BCUT2D eigenvalue weighted by Crippen LogP contribution is -2.65. The van der Waals surface area contributed by atoms with Gasteiger partial charge in [-0.25, -0.2) is 4.79 Å². The molecule has 4 aliphatic heterocycles. The van der Waals surface area contributed by atoms with Gasteiger partial charge in [-0.2, -0.15) is 0 Å². The molecule has 0 spiro atoms. The average Bonchev–Trinajstić information content (AvgIpc) is 3.64. The first-order valence-corrected chi connectivity index (χ1v) is 24.9. The van der Waals surface area contributed by atoms with Gasteiger partial charge in [0.1, 0.15) is 60.7 Å². The van der Waals surface area contributed by atoms with Gasteiger partial charge < -0.3 is 86.7 Å². The Labute approximate surface area is 424 Å². The maximum absolute atomic E-state index is 13.1. The first kappa shape index (κ1) is 56.9. The molecule has 0 aromatic heterocycles. The van der Waals surface area contributed by atoms with Gasteiger partial charge in [0.2, 0.25) is 12.1 Å². The molecule has 0 amide bonds. The third-order valence-electron chi connectivity index (χ3n) is 16.2. The van der Waals surface area contributed by atoms with Gasteiger partial charge in [-0.3, -0.25) is 19.2 Å². The molecule has 2 saturated carbocycles. The first-order chi connectivity index (χ1) is 34.3. The lowest BCUT2D eigenvalue weighted by molar-refractivity contribution is -0.370. The average molecular weight is 1040 g/mol. The molecule has 0 aromatic carbocycles. The zero-order valence-electron chi connectivity index (χ0n) is 43.5. The second-order valence-corrected chi connectivity index (χ2v) is 20.9. The predicted octanol–water partition coefficient (Wildman–Crippen LogP) is 1.40. The number of cyclic esters (lactones) is 1. The standard InChI is InChI=1S/C50H74O23/c1-21-40(71-47-44(67-25(5)54)43(61-11)41(22(2)64-47)72-46-39(59)38(58)37(57)32(20-51)70-46)31(60-10)18-35(63-21)69-29-14-16-48(7)28-13-15-49(8,33-19-34(56)73-50(33,9)62-12)45(68-26(6)55)27(28)17-30(65-23(3)52)36(48)42(29)66-24(4)53/h14,19,21-22,27-28,30-32,35-47,51,57-59H,13,15-18,20H2,1-12H3/t21-,22-,27+,28-,30-,31-,32+,35-,36-,37+,38-,39+,40+,41+,42-,43+,44+,45+,46-,47-,48+,49+,50-/m0/s1. The molecule has 0 aromatic rings. The van der Waals surface area contributed by atoms with Crippen LogP contribution >= 0.6 is 0 Å². The van der Waals surface area contributed by atoms with Crippen molar-refractivity contribution < 1.29 is 111 Å². The Morgan fingerprint density at radius 3 is 1.97 bits per heavy atom. The fourth-order valence-electron chi connectivity index (χ4n) is 12.9. The third kappa shape index (κ3) is 11.1. The van der Waals surface area contributed by atoms with E-state index in [-0.39, 0.29) is 24.5 Å². The normalized spacial score (nSPS) is 45.6. The number of hydrogen-bond donors (Lipinski definition) is 4. The van der Waals surface area contributed by atoms with E-state index in [0.717, 1.165) is 0 Å². The van der Waals surface area contributed by atoms with E-state index in [1.54, 1.807) is 20.8 Å². The number of rotatable bonds is 15. The van der Waals surface area contributed by atoms with E-state index >= 15 is 0 Å². The lowest BCUT2D eigenvalue weighted by atomic mass is 9.45. The molecular formula is C50H74O23. The van der Waals surface area contributed by atoms with Crippen molar-refractivity contribution in [3.63, 3.8) is 0 Å². The molecule has 4 N–H and O–H groups in total. The summed E-state index contributed by atoms with van der Waals surface area (Å²) in [6, 6.07) is 0. The summed E-state index contributed by atoms with van der Waals surface area (Å²) in [4.78, 5) is 64.4. The highest BCUT2D eigenvalue weighted by molar-refractivity contribution is 5.87. The number of carbonyl (C=O) groups is 5. The van der Waals surface area contributed by atoms with E-state index in [2.05, 4.69) is 6.92 Å². The van der Waals surface area contributed by atoms with E-state index in [1.165, 1.54) is 55.1 Å². The second kappa shape index (κ2) is 22.4. The topological polar surface area (TPSA) is 295 Å². The van der Waals surface area contributed by atoms with Crippen LogP contribution in [-0.4, -0.2) is 188 Å². The lowest BCUT2D eigenvalue weighted by Gasteiger charge is -2.62. The van der Waals surface area contributed by atoms with Crippen molar-refractivity contribution >= 4 is 29.8 Å². The van der Waals surface area contributed by atoms with Crippen molar-refractivity contribution in [3.05, 3.63) is 23.5 Å². The van der Waals surface area contributed by atoms with Gasteiger partial charge in [-0.1, -0.05) is 13.8 Å². The van der Waals surface area contributed by atoms with Crippen LogP contribution in [0.1, 0.15) is 94.4 Å². The number of hydrogen-bond acceptors (Lipinski definition) is 23. The summed E-state index contributed by atoms with van der Waals surface area (Å²) in [5, 5.41) is 41.2. The third-order valence-corrected chi connectivity index (χ3v) is 16.2. The summed E-state index contributed by atoms with van der Waals surface area (Å²) in [5.41, 5.74) is -1.13. The summed E-state index contributed by atoms with van der Waals surface area (Å²) in [6.07, 6.45) is -14.8. The number of methoxy groups -OCH3 is 3. The summed E-state index contributed by atoms with van der Waals surface area (Å²) in [5.74, 6) is -5.39. The molecule has 23 nitrogen and oxygen atoms in total. The maximum atomic E-state index is 13.1. The van der Waals surface area contributed by atoms with E-state index in [4.69, 9.17) is 66.3 Å². The molecular weight excluding hydrogens is 969 g/mol. The van der Waals surface area contributed by atoms with Crippen molar-refractivity contribution in [2.75, 3.05) is 27.9 Å². The van der Waals surface area contributed by atoms with E-state index < -0.39 is 169 Å². The van der Waals surface area contributed by atoms with Crippen LogP contribution in [0.15, 0.2) is 23.5 Å². The maximum Gasteiger partial charge on any atom is 0.333 e. The highest BCUT2D eigenvalue weighted by Gasteiger charge is 2.67. The van der Waals surface area contributed by atoms with Gasteiger partial charge in [0, 0.05) is 91.3 Å². The molecule has 7 rings (SSSR count). The Bertz CT molecular complexity index is 2100. The monoisotopic (exact) mass is 1040 g/mol. The first-order valence-electron chi connectivity index (χ1n) is 24.9. The van der Waals surface area contributed by atoms with Crippen LogP contribution in [0.2, 0.25) is 0 Å². The van der Waals surface area contributed by atoms with Crippen LogP contribution < -0.4 is 0 Å². The number of allylic oxidation sites excluding steroid dienone is 1. The SMILES string of the molecule is CO[C@H]1[C@@H](OC(C)=O)[C@H](O[C@@H]2[C@H](C)O[C@@H](OC3=CC[C@@]4(C)[C@@H]([C@@H](OC(C)=O)C[C@H]5[C@@H](OC(C)=O)[C@@](C)(C6=CC(=O)O[C@]6(C)OC)CC[C@@H]54)[C@H]3OC(C)=O)C[C@@H]2OC)O[C@@H](C)[C@H]1O[C@@H]1O[C@H](CO)[C@@H](O)[C@H](O)[C@H]1O. The summed E-state index contributed by atoms with van der Waals surface area (Å²) in [6.45, 7) is 13.4. The minimum Gasteiger partial charge on any atom is -0.466 e. The molecule has 73 heavy (non-hydrogen) atoms. The molecule has 0 bridgehead atoms. The van der Waals surface area contributed by atoms with Gasteiger partial charge in [-0.15, -0.1) is 0 Å². The fourth-order valence-corrected chi connectivity index (χ4v) is 12.9. The van der Waals surface area contributed by atoms with Crippen LogP contribution in [0.4, 0.5) is 0 Å². The second-order valence-electron chi connectivity index (χ2n) is 20.9. The number of carbonyl (C=O) groups excluding carboxylic acids is 5. The number of fused-ring (bicyclic) bond motifs is 3. The van der Waals surface area contributed by atoms with Crippen molar-refractivity contribution in [3.8, 4) is 0 Å². The Hall–Kier alpha value is -3.85. The molecule has 0 radical (unpaired) electrons. The molecule has 5 fully saturated rings. The summed E-state index contributed by atoms with van der Waals surface area (Å²) >= 11 is 0. The van der Waals surface area contributed by atoms with Crippen molar-refractivity contribution in [2.24, 2.45) is 28.6 Å². The molecule has 23 heteroatoms. The number of aliphatic hydroxyl groups is 4. The van der Waals surface area contributed by atoms with Gasteiger partial charge in [-0.05, 0) is 56.9 Å². The molecule has 0 unspecified atom stereocenters. The molecule has 3 saturated heterocycles. The van der Waals surface area contributed by atoms with Gasteiger partial charge in [0.15, 0.2) is 24.8 Å². The van der Waals surface area contributed by atoms with Gasteiger partial charge >= 0.3 is 29.8 Å². The van der Waals surface area contributed by atoms with Crippen LogP contribution in [0.3, 0.4) is 0 Å². The molecule has 412 valence electrons. The Morgan fingerprint density at radius 1 is 0.726 bits per heavy atom. The van der Waals surface area contributed by atoms with E-state index in [1.807, 2.05) is 13.0 Å². The molecule has 7 aliphatic rings. The van der Waals surface area contributed by atoms with E-state index in [0.29, 0.717) is 24.8 Å². The molecule has 3 aliphatic carbocycles. The zero-order valence-corrected chi connectivity index (χ0v) is 43.5. The van der Waals surface area contributed by atoms with Gasteiger partial charge in [0.25, 0.3) is 0 Å². The van der Waals surface area contributed by atoms with Crippen LogP contribution in [-0.2, 0) is 90.3 Å². The highest BCUT2D eigenvalue weighted by atomic mass is 16.8. The number of ether oxygens (including phenoxy) is 14. The fraction of sp³-hybridized carbons (Fsp3) is 0.820. The smallest absolute Gasteiger partial charge is 0.333 e. The summed E-state index contributed by atoms with van der Waals surface area (Å²) in [7, 11) is 4.26. The Morgan fingerprint density at radius 2 is 1.37 bits per heavy atom. The Balaban J connectivity index is 1.12. The largest absolute Gasteiger partial charge is 0.466 e. The highest BCUT2D eigenvalue weighted by Crippen LogP contribution is 2.65. The van der Waals surface area contributed by atoms with Crippen molar-refractivity contribution in [2.45, 2.75) is 205 Å². The minimum atomic E-state index is -1.74. The molecule has 23 atom stereocenters. The minimum absolute atomic E-state index is 0.0673. The van der Waals surface area contributed by atoms with Crippen molar-refractivity contribution in [1.29, 1.82) is 0 Å². The van der Waals surface area contributed by atoms with Crippen molar-refractivity contribution in [1.82, 2.24) is 0 Å². The summed E-state index contributed by atoms with van der Waals surface area (Å²) < 4.78 is 85.1. The zero-order chi connectivity index (χ0) is 53.6.